The van der Waals surface area contributed by atoms with Crippen LogP contribution in [0.5, 0.6) is 0 Å². The molecule has 0 bridgehead atoms. The smallest absolute Gasteiger partial charge is 0.254 e. The van der Waals surface area contributed by atoms with E-state index >= 15 is 4.39 Å². The second kappa shape index (κ2) is 4.96. The first-order valence-corrected chi connectivity index (χ1v) is 6.55. The molecule has 2 rings (SSSR count). The number of likely N-dealkylation sites (tertiary alicyclic amines) is 1. The number of piperidine rings is 1. The Morgan fingerprint density at radius 1 is 1.63 bits per heavy atom. The first kappa shape index (κ1) is 14.1. The summed E-state index contributed by atoms with van der Waals surface area (Å²) in [5.74, 6) is -0.529. The highest BCUT2D eigenvalue weighted by Crippen LogP contribution is 2.40. The van der Waals surface area contributed by atoms with Gasteiger partial charge in [-0.1, -0.05) is 18.5 Å². The predicted molar refractivity (Wildman–Crippen MR) is 70.9 cm³/mol. The van der Waals surface area contributed by atoms with Gasteiger partial charge in [-0.15, -0.1) is 0 Å². The molecule has 0 saturated carbocycles. The molecule has 1 aliphatic heterocycles. The standard InChI is InChI=1S/C13H16ClFN2O2/c1-8-7-17(9(2)18)4-3-13(8,15)11-5-10(14)6-16-12(11)19/h5-6,8H,3-4,7H2,1-2H3,(H,16,19)/t8-,13+/m0/s1. The fraction of sp³-hybridized carbons (Fsp3) is 0.538. The summed E-state index contributed by atoms with van der Waals surface area (Å²) in [6, 6.07) is 1.38. The third kappa shape index (κ3) is 2.52. The van der Waals surface area contributed by atoms with Crippen molar-refractivity contribution in [2.45, 2.75) is 25.9 Å². The topological polar surface area (TPSA) is 53.2 Å². The van der Waals surface area contributed by atoms with Crippen molar-refractivity contribution in [3.8, 4) is 0 Å². The number of halogens is 2. The summed E-state index contributed by atoms with van der Waals surface area (Å²) in [4.78, 5) is 27.2. The van der Waals surface area contributed by atoms with Crippen LogP contribution >= 0.6 is 11.6 Å². The number of aromatic amines is 1. The van der Waals surface area contributed by atoms with Crippen LogP contribution in [0.2, 0.25) is 5.02 Å². The van der Waals surface area contributed by atoms with Gasteiger partial charge >= 0.3 is 0 Å². The largest absolute Gasteiger partial charge is 0.342 e. The Labute approximate surface area is 115 Å². The van der Waals surface area contributed by atoms with Gasteiger partial charge in [0, 0.05) is 38.5 Å². The van der Waals surface area contributed by atoms with E-state index in [9.17, 15) is 9.59 Å². The van der Waals surface area contributed by atoms with E-state index < -0.39 is 17.1 Å². The Bertz CT molecular complexity index is 560. The van der Waals surface area contributed by atoms with Gasteiger partial charge in [-0.3, -0.25) is 9.59 Å². The van der Waals surface area contributed by atoms with E-state index in [0.717, 1.165) is 0 Å². The number of rotatable bonds is 1. The normalized spacial score (nSPS) is 27.4. The maximum Gasteiger partial charge on any atom is 0.254 e. The molecule has 4 nitrogen and oxygen atoms in total. The van der Waals surface area contributed by atoms with Gasteiger partial charge in [0.25, 0.3) is 5.56 Å². The quantitative estimate of drug-likeness (QED) is 0.859. The Morgan fingerprint density at radius 2 is 2.32 bits per heavy atom. The highest BCUT2D eigenvalue weighted by atomic mass is 35.5. The first-order valence-electron chi connectivity index (χ1n) is 6.17. The van der Waals surface area contributed by atoms with Crippen molar-refractivity contribution in [2.24, 2.45) is 5.92 Å². The van der Waals surface area contributed by atoms with E-state index in [0.29, 0.717) is 18.1 Å². The monoisotopic (exact) mass is 286 g/mol. The zero-order valence-corrected chi connectivity index (χ0v) is 11.6. The van der Waals surface area contributed by atoms with Gasteiger partial charge in [-0.05, 0) is 6.07 Å². The number of alkyl halides is 1. The first-order chi connectivity index (χ1) is 8.84. The molecule has 1 amide bonds. The van der Waals surface area contributed by atoms with Gasteiger partial charge in [0.2, 0.25) is 5.91 Å². The molecule has 0 radical (unpaired) electrons. The Balaban J connectivity index is 2.36. The molecular weight excluding hydrogens is 271 g/mol. The van der Waals surface area contributed by atoms with Gasteiger partial charge < -0.3 is 9.88 Å². The second-order valence-electron chi connectivity index (χ2n) is 5.04. The van der Waals surface area contributed by atoms with E-state index in [1.807, 2.05) is 0 Å². The Kier molecular flexibility index (Phi) is 3.67. The van der Waals surface area contributed by atoms with Crippen molar-refractivity contribution in [3.63, 3.8) is 0 Å². The number of carbonyl (C=O) groups excluding carboxylic acids is 1. The zero-order valence-electron chi connectivity index (χ0n) is 10.9. The molecule has 2 heterocycles. The number of aromatic nitrogens is 1. The lowest BCUT2D eigenvalue weighted by Gasteiger charge is -2.40. The van der Waals surface area contributed by atoms with Crippen LogP contribution in [-0.2, 0) is 10.5 Å². The van der Waals surface area contributed by atoms with Gasteiger partial charge in [0.1, 0.15) is 5.67 Å². The van der Waals surface area contributed by atoms with Crippen molar-refractivity contribution < 1.29 is 9.18 Å². The van der Waals surface area contributed by atoms with Crippen molar-refractivity contribution in [3.05, 3.63) is 33.2 Å². The summed E-state index contributed by atoms with van der Waals surface area (Å²) < 4.78 is 15.2. The number of hydrogen-bond acceptors (Lipinski definition) is 2. The predicted octanol–water partition coefficient (Wildman–Crippen LogP) is 2.08. The van der Waals surface area contributed by atoms with Crippen molar-refractivity contribution in [1.29, 1.82) is 0 Å². The number of carbonyl (C=O) groups is 1. The van der Waals surface area contributed by atoms with Crippen LogP contribution < -0.4 is 5.56 Å². The molecule has 1 aromatic rings. The van der Waals surface area contributed by atoms with Crippen LogP contribution in [0.4, 0.5) is 4.39 Å². The fourth-order valence-electron chi connectivity index (χ4n) is 2.56. The van der Waals surface area contributed by atoms with Gasteiger partial charge in [-0.25, -0.2) is 4.39 Å². The number of nitrogens with zero attached hydrogens (tertiary/aromatic N) is 1. The van der Waals surface area contributed by atoms with Crippen molar-refractivity contribution >= 4 is 17.5 Å². The fourth-order valence-corrected chi connectivity index (χ4v) is 2.73. The molecule has 0 spiro atoms. The van der Waals surface area contributed by atoms with Crippen LogP contribution in [0.1, 0.15) is 25.8 Å². The average molecular weight is 287 g/mol. The minimum absolute atomic E-state index is 0.0516. The van der Waals surface area contributed by atoms with Crippen LogP contribution in [0.15, 0.2) is 17.1 Å². The van der Waals surface area contributed by atoms with Gasteiger partial charge in [0.15, 0.2) is 0 Å². The number of amides is 1. The number of pyridine rings is 1. The lowest BCUT2D eigenvalue weighted by molar-refractivity contribution is -0.133. The molecule has 2 atom stereocenters. The van der Waals surface area contributed by atoms with Crippen LogP contribution in [-0.4, -0.2) is 28.9 Å². The minimum atomic E-state index is -1.75. The number of hydrogen-bond donors (Lipinski definition) is 1. The highest BCUT2D eigenvalue weighted by molar-refractivity contribution is 6.30. The molecule has 1 aromatic heterocycles. The van der Waals surface area contributed by atoms with E-state index in [4.69, 9.17) is 11.6 Å². The summed E-state index contributed by atoms with van der Waals surface area (Å²) in [5.41, 5.74) is -2.16. The highest BCUT2D eigenvalue weighted by Gasteiger charge is 2.44. The third-order valence-corrected chi connectivity index (χ3v) is 4.00. The summed E-state index contributed by atoms with van der Waals surface area (Å²) in [5, 5.41) is 0.299. The van der Waals surface area contributed by atoms with Crippen LogP contribution in [0, 0.1) is 5.92 Å². The van der Waals surface area contributed by atoms with E-state index in [-0.39, 0.29) is 17.9 Å². The van der Waals surface area contributed by atoms with Gasteiger partial charge in [-0.2, -0.15) is 0 Å². The van der Waals surface area contributed by atoms with Crippen molar-refractivity contribution in [2.75, 3.05) is 13.1 Å². The molecule has 0 aromatic carbocycles. The third-order valence-electron chi connectivity index (χ3n) is 3.78. The molecule has 1 fully saturated rings. The maximum absolute atomic E-state index is 15.2. The summed E-state index contributed by atoms with van der Waals surface area (Å²) >= 11 is 5.82. The summed E-state index contributed by atoms with van der Waals surface area (Å²) in [7, 11) is 0. The van der Waals surface area contributed by atoms with Crippen LogP contribution in [0.25, 0.3) is 0 Å². The molecular formula is C13H16ClFN2O2. The van der Waals surface area contributed by atoms with Gasteiger partial charge in [0.05, 0.1) is 10.6 Å². The maximum atomic E-state index is 15.2. The van der Waals surface area contributed by atoms with E-state index in [1.54, 1.807) is 11.8 Å². The SMILES string of the molecule is CC(=O)N1CC[C@](F)(c2cc(Cl)c[nH]c2=O)[C@@H](C)C1. The second-order valence-corrected chi connectivity index (χ2v) is 5.48. The minimum Gasteiger partial charge on any atom is -0.342 e. The number of H-pyrrole nitrogens is 1. The summed E-state index contributed by atoms with van der Waals surface area (Å²) in [6.45, 7) is 3.78. The molecule has 1 aliphatic rings. The molecule has 1 saturated heterocycles. The number of nitrogens with one attached hydrogen (secondary N) is 1. The Morgan fingerprint density at radius 3 is 2.89 bits per heavy atom. The molecule has 6 heteroatoms. The molecule has 19 heavy (non-hydrogen) atoms. The Hall–Kier alpha value is -1.36. The lowest BCUT2D eigenvalue weighted by atomic mass is 9.79. The zero-order chi connectivity index (χ0) is 14.2. The molecule has 1 N–H and O–H groups in total. The van der Waals surface area contributed by atoms with E-state index in [2.05, 4.69) is 4.98 Å². The van der Waals surface area contributed by atoms with Crippen molar-refractivity contribution in [1.82, 2.24) is 9.88 Å². The summed E-state index contributed by atoms with van der Waals surface area (Å²) in [6.07, 6.45) is 1.45. The van der Waals surface area contributed by atoms with Crippen LogP contribution in [0.3, 0.4) is 0 Å². The average Bonchev–Trinajstić information content (AvgIpc) is 2.35. The molecule has 0 unspecified atom stereocenters. The molecule has 0 aliphatic carbocycles. The van der Waals surface area contributed by atoms with E-state index in [1.165, 1.54) is 19.2 Å². The molecule has 104 valence electrons. The lowest BCUT2D eigenvalue weighted by Crippen LogP contribution is -2.49.